The van der Waals surface area contributed by atoms with Gasteiger partial charge in [-0.25, -0.2) is 0 Å². The number of fused-ring (bicyclic) bond motifs is 2. The first kappa shape index (κ1) is 15.0. The van der Waals surface area contributed by atoms with Crippen molar-refractivity contribution in [2.45, 2.75) is 17.6 Å². The molecule has 0 saturated heterocycles. The van der Waals surface area contributed by atoms with Crippen LogP contribution in [0.2, 0.25) is 6.55 Å². The zero-order valence-corrected chi connectivity index (χ0v) is 12.8. The van der Waals surface area contributed by atoms with Crippen LogP contribution in [-0.4, -0.2) is 38.4 Å². The Morgan fingerprint density at radius 2 is 1.14 bits per heavy atom. The van der Waals surface area contributed by atoms with Gasteiger partial charge in [0.15, 0.2) is 0 Å². The Morgan fingerprint density at radius 1 is 0.714 bits per heavy atom. The summed E-state index contributed by atoms with van der Waals surface area (Å²) in [5.41, 5.74) is 7.28. The van der Waals surface area contributed by atoms with Crippen molar-refractivity contribution in [3.63, 3.8) is 0 Å². The molecule has 2 aromatic rings. The van der Waals surface area contributed by atoms with Gasteiger partial charge in [0.05, 0.1) is 8.80 Å². The number of hydrogen-bond donors (Lipinski definition) is 0. The van der Waals surface area contributed by atoms with Gasteiger partial charge in [0, 0.05) is 0 Å². The van der Waals surface area contributed by atoms with Gasteiger partial charge in [-0.1, -0.05) is 79.4 Å². The standard InChI is InChI=1S/C19H18Si.Na.H/c1-20(18-12-10-14-6-2-4-8-16(14)18)19-13-11-15-7-3-5-9-17(15)19;;/h2-13,18-20H,1H3;;. The Bertz CT molecular complexity index is 656. The van der Waals surface area contributed by atoms with Crippen LogP contribution in [0.25, 0.3) is 12.2 Å². The zero-order valence-electron chi connectivity index (χ0n) is 11.7. The predicted octanol–water partition coefficient (Wildman–Crippen LogP) is 3.89. The molecule has 2 atom stereocenters. The van der Waals surface area contributed by atoms with Gasteiger partial charge in [-0.2, -0.15) is 0 Å². The molecule has 0 spiro atoms. The molecule has 2 aromatic carbocycles. The van der Waals surface area contributed by atoms with E-state index in [1.165, 1.54) is 11.1 Å². The fourth-order valence-electron chi connectivity index (χ4n) is 3.69. The van der Waals surface area contributed by atoms with Crippen LogP contribution in [0.5, 0.6) is 0 Å². The summed E-state index contributed by atoms with van der Waals surface area (Å²) < 4.78 is 0. The van der Waals surface area contributed by atoms with Gasteiger partial charge in [-0.05, 0) is 33.3 Å². The first-order chi connectivity index (χ1) is 9.84. The molecule has 2 aliphatic rings. The van der Waals surface area contributed by atoms with Crippen LogP contribution in [0.4, 0.5) is 0 Å². The fraction of sp³-hybridized carbons (Fsp3) is 0.158. The van der Waals surface area contributed by atoms with E-state index in [1.54, 1.807) is 11.1 Å². The summed E-state index contributed by atoms with van der Waals surface area (Å²) in [6.07, 6.45) is 9.51. The third kappa shape index (κ3) is 2.53. The number of rotatable bonds is 2. The van der Waals surface area contributed by atoms with Gasteiger partial charge in [0.25, 0.3) is 0 Å². The molecule has 0 amide bonds. The fourth-order valence-corrected chi connectivity index (χ4v) is 6.80. The summed E-state index contributed by atoms with van der Waals surface area (Å²) in [6.45, 7) is 2.52. The van der Waals surface area contributed by atoms with Crippen molar-refractivity contribution in [3.05, 3.63) is 82.9 Å². The molecular weight excluding hydrogens is 279 g/mol. The molecule has 0 bridgehead atoms. The van der Waals surface area contributed by atoms with Crippen molar-refractivity contribution >= 4 is 50.5 Å². The van der Waals surface area contributed by atoms with Crippen LogP contribution in [-0.2, 0) is 0 Å². The Labute approximate surface area is 150 Å². The van der Waals surface area contributed by atoms with Crippen LogP contribution < -0.4 is 0 Å². The van der Waals surface area contributed by atoms with Crippen LogP contribution >= 0.6 is 0 Å². The second-order valence-electron chi connectivity index (χ2n) is 5.89. The number of hydrogen-bond acceptors (Lipinski definition) is 0. The molecule has 4 rings (SSSR count). The normalized spacial score (nSPS) is 22.5. The molecular formula is C19H19NaSi. The second kappa shape index (κ2) is 6.10. The van der Waals surface area contributed by atoms with E-state index in [0.717, 1.165) is 0 Å². The van der Waals surface area contributed by atoms with Gasteiger partial charge in [0.1, 0.15) is 0 Å². The number of benzene rings is 2. The Kier molecular flexibility index (Phi) is 4.37. The first-order valence-corrected chi connectivity index (χ1v) is 9.87. The molecule has 0 fully saturated rings. The van der Waals surface area contributed by atoms with Crippen molar-refractivity contribution in [1.29, 1.82) is 0 Å². The van der Waals surface area contributed by atoms with Crippen LogP contribution in [0.1, 0.15) is 33.3 Å². The monoisotopic (exact) mass is 298 g/mol. The Hall–Kier alpha value is -0.863. The SMILES string of the molecule is C[SiH](C1C=Cc2ccccc21)C1C=Cc2ccccc21.[NaH]. The topological polar surface area (TPSA) is 0 Å². The minimum absolute atomic E-state index is 0. The molecule has 0 saturated carbocycles. The van der Waals surface area contributed by atoms with E-state index in [2.05, 4.69) is 79.4 Å². The molecule has 0 aliphatic heterocycles. The molecule has 2 unspecified atom stereocenters. The van der Waals surface area contributed by atoms with Crippen LogP contribution in [0, 0.1) is 0 Å². The van der Waals surface area contributed by atoms with Crippen molar-refractivity contribution < 1.29 is 0 Å². The summed E-state index contributed by atoms with van der Waals surface area (Å²) in [6, 6.07) is 17.8. The zero-order chi connectivity index (χ0) is 13.5. The summed E-state index contributed by atoms with van der Waals surface area (Å²) in [5.74, 6) is 0. The maximum absolute atomic E-state index is 2.52. The van der Waals surface area contributed by atoms with E-state index in [-0.39, 0.29) is 29.6 Å². The van der Waals surface area contributed by atoms with Gasteiger partial charge in [-0.15, -0.1) is 0 Å². The van der Waals surface area contributed by atoms with Crippen LogP contribution in [0.15, 0.2) is 60.7 Å². The van der Waals surface area contributed by atoms with E-state index >= 15 is 0 Å². The summed E-state index contributed by atoms with van der Waals surface area (Å²) in [7, 11) is -0.955. The van der Waals surface area contributed by atoms with Gasteiger partial charge >= 0.3 is 29.6 Å². The Morgan fingerprint density at radius 3 is 1.62 bits per heavy atom. The van der Waals surface area contributed by atoms with Gasteiger partial charge in [-0.3, -0.25) is 0 Å². The average molecular weight is 298 g/mol. The second-order valence-corrected chi connectivity index (χ2v) is 9.04. The van der Waals surface area contributed by atoms with E-state index in [9.17, 15) is 0 Å². The van der Waals surface area contributed by atoms with E-state index < -0.39 is 8.80 Å². The van der Waals surface area contributed by atoms with E-state index in [1.807, 2.05) is 0 Å². The van der Waals surface area contributed by atoms with Crippen molar-refractivity contribution in [2.24, 2.45) is 0 Å². The van der Waals surface area contributed by atoms with E-state index in [0.29, 0.717) is 11.1 Å². The van der Waals surface area contributed by atoms with Gasteiger partial charge in [0.2, 0.25) is 0 Å². The first-order valence-electron chi connectivity index (χ1n) is 7.39. The Balaban J connectivity index is 0.00000132. The summed E-state index contributed by atoms with van der Waals surface area (Å²) >= 11 is 0. The van der Waals surface area contributed by atoms with E-state index in [4.69, 9.17) is 0 Å². The number of allylic oxidation sites excluding steroid dienone is 2. The quantitative estimate of drug-likeness (QED) is 0.738. The molecule has 2 heteroatoms. The maximum atomic E-state index is 2.52. The summed E-state index contributed by atoms with van der Waals surface area (Å²) in [5, 5.41) is 0. The molecule has 0 nitrogen and oxygen atoms in total. The van der Waals surface area contributed by atoms with Crippen molar-refractivity contribution in [3.8, 4) is 0 Å². The third-order valence-corrected chi connectivity index (χ3v) is 8.24. The van der Waals surface area contributed by atoms with Crippen molar-refractivity contribution in [1.82, 2.24) is 0 Å². The molecule has 0 N–H and O–H groups in total. The van der Waals surface area contributed by atoms with Crippen LogP contribution in [0.3, 0.4) is 0 Å². The molecule has 0 radical (unpaired) electrons. The third-order valence-electron chi connectivity index (χ3n) is 4.81. The molecule has 0 heterocycles. The molecule has 0 aromatic heterocycles. The average Bonchev–Trinajstić information content (AvgIpc) is 3.11. The molecule has 21 heavy (non-hydrogen) atoms. The molecule has 100 valence electrons. The van der Waals surface area contributed by atoms with Crippen molar-refractivity contribution in [2.75, 3.05) is 0 Å². The minimum atomic E-state index is -0.955. The molecule has 2 aliphatic carbocycles. The van der Waals surface area contributed by atoms with Gasteiger partial charge < -0.3 is 0 Å². The summed E-state index contributed by atoms with van der Waals surface area (Å²) in [4.78, 5) is 0. The predicted molar refractivity (Wildman–Crippen MR) is 96.6 cm³/mol.